The molecular formula is C29H33FN6O4. The number of likely N-dealkylation sites (N-methyl/N-ethyl adjacent to an activating group) is 1. The highest BCUT2D eigenvalue weighted by Crippen LogP contribution is 2.37. The van der Waals surface area contributed by atoms with Crippen molar-refractivity contribution in [1.82, 2.24) is 14.9 Å². The number of fused-ring (bicyclic) bond motifs is 1. The van der Waals surface area contributed by atoms with E-state index in [0.717, 1.165) is 0 Å². The number of carbonyl (C=O) groups excluding carboxylic acids is 2. The van der Waals surface area contributed by atoms with E-state index in [2.05, 4.69) is 15.6 Å². The third kappa shape index (κ3) is 5.69. The normalized spacial score (nSPS) is 18.4. The molecule has 0 spiro atoms. The first kappa shape index (κ1) is 27.3. The van der Waals surface area contributed by atoms with Gasteiger partial charge in [0.15, 0.2) is 0 Å². The number of halogens is 1. The lowest BCUT2D eigenvalue weighted by Gasteiger charge is -2.34. The van der Waals surface area contributed by atoms with Crippen LogP contribution in [0.4, 0.5) is 26.5 Å². The number of carbonyl (C=O) groups is 2. The number of para-hydroxylation sites is 1. The second-order valence-electron chi connectivity index (χ2n) is 10.5. The van der Waals surface area contributed by atoms with E-state index in [1.54, 1.807) is 35.2 Å². The minimum absolute atomic E-state index is 0.0270. The van der Waals surface area contributed by atoms with Crippen LogP contribution in [0, 0.1) is 5.82 Å². The molecule has 2 aromatic carbocycles. The molecule has 0 aliphatic carbocycles. The molecular weight excluding hydrogens is 515 g/mol. The number of benzene rings is 2. The molecule has 0 saturated carbocycles. The van der Waals surface area contributed by atoms with E-state index in [1.165, 1.54) is 12.1 Å². The minimum atomic E-state index is -0.727. The number of nitrogens with one attached hydrogen (secondary N) is 2. The fraction of sp³-hybridized carbons (Fsp3) is 0.379. The molecule has 11 heteroatoms. The van der Waals surface area contributed by atoms with Gasteiger partial charge in [-0.2, -0.15) is 4.98 Å². The number of hydrogen-bond donors (Lipinski definition) is 2. The number of amides is 3. The van der Waals surface area contributed by atoms with Gasteiger partial charge in [-0.15, -0.1) is 0 Å². The van der Waals surface area contributed by atoms with Crippen molar-refractivity contribution >= 4 is 29.3 Å². The maximum Gasteiger partial charge on any atom is 0.323 e. The molecule has 1 saturated heterocycles. The first-order chi connectivity index (χ1) is 19.1. The van der Waals surface area contributed by atoms with Crippen molar-refractivity contribution in [2.24, 2.45) is 0 Å². The maximum atomic E-state index is 15.8. The van der Waals surface area contributed by atoms with Gasteiger partial charge >= 0.3 is 6.03 Å². The van der Waals surface area contributed by atoms with Crippen LogP contribution in [0.1, 0.15) is 38.1 Å². The number of rotatable bonds is 5. The third-order valence-corrected chi connectivity index (χ3v) is 6.83. The summed E-state index contributed by atoms with van der Waals surface area (Å²) in [7, 11) is 0. The summed E-state index contributed by atoms with van der Waals surface area (Å²) in [4.78, 5) is 39.2. The average Bonchev–Trinajstić information content (AvgIpc) is 3.01. The smallest absolute Gasteiger partial charge is 0.323 e. The summed E-state index contributed by atoms with van der Waals surface area (Å²) >= 11 is 0. The number of morpholine rings is 1. The van der Waals surface area contributed by atoms with Crippen molar-refractivity contribution in [2.45, 2.75) is 39.3 Å². The van der Waals surface area contributed by atoms with Crippen LogP contribution in [-0.2, 0) is 4.74 Å². The van der Waals surface area contributed by atoms with Crippen LogP contribution < -0.4 is 20.3 Å². The van der Waals surface area contributed by atoms with Gasteiger partial charge in [0.1, 0.15) is 17.0 Å². The summed E-state index contributed by atoms with van der Waals surface area (Å²) in [5.41, 5.74) is 0.469. The summed E-state index contributed by atoms with van der Waals surface area (Å²) < 4.78 is 27.6. The van der Waals surface area contributed by atoms with Crippen LogP contribution in [0.25, 0.3) is 11.3 Å². The molecule has 3 amide bonds. The van der Waals surface area contributed by atoms with E-state index in [4.69, 9.17) is 14.5 Å². The number of nitrogens with zero attached hydrogens (tertiary/aromatic N) is 4. The average molecular weight is 549 g/mol. The van der Waals surface area contributed by atoms with Gasteiger partial charge in [0.25, 0.3) is 5.91 Å². The van der Waals surface area contributed by atoms with Gasteiger partial charge in [-0.25, -0.2) is 14.2 Å². The molecule has 5 rings (SSSR count). The summed E-state index contributed by atoms with van der Waals surface area (Å²) in [5.74, 6) is -0.530. The highest BCUT2D eigenvalue weighted by molar-refractivity contribution is 6.03. The minimum Gasteiger partial charge on any atom is -0.469 e. The van der Waals surface area contributed by atoms with Gasteiger partial charge in [-0.1, -0.05) is 18.2 Å². The highest BCUT2D eigenvalue weighted by Gasteiger charge is 2.38. The van der Waals surface area contributed by atoms with Gasteiger partial charge in [0.2, 0.25) is 11.8 Å². The molecule has 0 bridgehead atoms. The van der Waals surface area contributed by atoms with Gasteiger partial charge in [-0.3, -0.25) is 4.79 Å². The quantitative estimate of drug-likeness (QED) is 0.472. The van der Waals surface area contributed by atoms with E-state index < -0.39 is 17.4 Å². The zero-order chi connectivity index (χ0) is 28.4. The molecule has 10 nitrogen and oxygen atoms in total. The first-order valence-electron chi connectivity index (χ1n) is 13.3. The van der Waals surface area contributed by atoms with Crippen molar-refractivity contribution in [2.75, 3.05) is 48.4 Å². The fourth-order valence-corrected chi connectivity index (χ4v) is 4.88. The molecule has 1 atom stereocenters. The Hall–Kier alpha value is -4.25. The van der Waals surface area contributed by atoms with Crippen LogP contribution in [-0.4, -0.2) is 71.3 Å². The molecule has 2 aliphatic heterocycles. The molecule has 0 radical (unpaired) electrons. The number of urea groups is 1. The second-order valence-corrected chi connectivity index (χ2v) is 10.5. The molecule has 1 aromatic heterocycles. The molecule has 40 heavy (non-hydrogen) atoms. The predicted molar refractivity (Wildman–Crippen MR) is 150 cm³/mol. The van der Waals surface area contributed by atoms with Crippen LogP contribution in [0.2, 0.25) is 0 Å². The molecule has 3 heterocycles. The van der Waals surface area contributed by atoms with Crippen molar-refractivity contribution < 1.29 is 23.5 Å². The Morgan fingerprint density at radius 3 is 2.58 bits per heavy atom. The standard InChI is InChI=1S/C29H33FN6O4/c1-5-35-17-29(3,4)40-25-23(26(35)37)24(33-27(34-25)36-13-14-39-16-18(36)2)21-12-11-20(15-22(21)30)32-28(38)31-19-9-7-6-8-10-19/h6-12,15,18H,5,13-14,16-17H2,1-4H3,(H2,31,32,38)/t18-/m0/s1. The molecule has 2 N–H and O–H groups in total. The topological polar surface area (TPSA) is 109 Å². The van der Waals surface area contributed by atoms with E-state index >= 15 is 4.39 Å². The summed E-state index contributed by atoms with van der Waals surface area (Å²) in [6, 6.07) is 12.7. The van der Waals surface area contributed by atoms with E-state index in [9.17, 15) is 9.59 Å². The molecule has 1 fully saturated rings. The SMILES string of the molecule is CCN1CC(C)(C)Oc2nc(N3CCOC[C@@H]3C)nc(-c3ccc(NC(=O)Nc4ccccc4)cc3F)c2C1=O. The first-order valence-corrected chi connectivity index (χ1v) is 13.3. The Balaban J connectivity index is 1.56. The largest absolute Gasteiger partial charge is 0.469 e. The lowest BCUT2D eigenvalue weighted by Crippen LogP contribution is -2.44. The molecule has 210 valence electrons. The van der Waals surface area contributed by atoms with Crippen molar-refractivity contribution in [3.8, 4) is 17.1 Å². The van der Waals surface area contributed by atoms with Crippen molar-refractivity contribution in [3.63, 3.8) is 0 Å². The molecule has 3 aromatic rings. The number of anilines is 3. The van der Waals surface area contributed by atoms with Crippen molar-refractivity contribution in [1.29, 1.82) is 0 Å². The Morgan fingerprint density at radius 1 is 1.12 bits per heavy atom. The Kier molecular flexibility index (Phi) is 7.57. The van der Waals surface area contributed by atoms with E-state index in [0.29, 0.717) is 44.5 Å². The zero-order valence-corrected chi connectivity index (χ0v) is 23.0. The second kappa shape index (κ2) is 11.1. The van der Waals surface area contributed by atoms with Crippen LogP contribution >= 0.6 is 0 Å². The van der Waals surface area contributed by atoms with Crippen LogP contribution in [0.5, 0.6) is 5.88 Å². The summed E-state index contributed by atoms with van der Waals surface area (Å²) in [6.45, 7) is 9.95. The third-order valence-electron chi connectivity index (χ3n) is 6.83. The van der Waals surface area contributed by atoms with E-state index in [1.807, 2.05) is 38.7 Å². The summed E-state index contributed by atoms with van der Waals surface area (Å²) in [6.07, 6.45) is 0. The number of aromatic nitrogens is 2. The van der Waals surface area contributed by atoms with Gasteiger partial charge in [0, 0.05) is 30.0 Å². The van der Waals surface area contributed by atoms with Gasteiger partial charge in [0.05, 0.1) is 31.5 Å². The van der Waals surface area contributed by atoms with E-state index in [-0.39, 0.29) is 40.3 Å². The summed E-state index contributed by atoms with van der Waals surface area (Å²) in [5, 5.41) is 5.34. The van der Waals surface area contributed by atoms with Crippen molar-refractivity contribution in [3.05, 3.63) is 59.9 Å². The zero-order valence-electron chi connectivity index (χ0n) is 23.0. The monoisotopic (exact) mass is 548 g/mol. The predicted octanol–water partition coefficient (Wildman–Crippen LogP) is 4.78. The van der Waals surface area contributed by atoms with Crippen LogP contribution in [0.15, 0.2) is 48.5 Å². The van der Waals surface area contributed by atoms with Gasteiger partial charge < -0.3 is 29.9 Å². The number of hydrogen-bond acceptors (Lipinski definition) is 7. The lowest BCUT2D eigenvalue weighted by molar-refractivity contribution is 0.0541. The van der Waals surface area contributed by atoms with Crippen LogP contribution in [0.3, 0.4) is 0 Å². The Bertz CT molecular complexity index is 1420. The molecule has 0 unspecified atom stereocenters. The van der Waals surface area contributed by atoms with Gasteiger partial charge in [-0.05, 0) is 58.0 Å². The highest BCUT2D eigenvalue weighted by atomic mass is 19.1. The Labute approximate surface area is 232 Å². The fourth-order valence-electron chi connectivity index (χ4n) is 4.88. The maximum absolute atomic E-state index is 15.8. The molecule has 2 aliphatic rings. The number of ether oxygens (including phenoxy) is 2. The Morgan fingerprint density at radius 2 is 1.88 bits per heavy atom. The lowest BCUT2D eigenvalue weighted by atomic mass is 10.0.